The van der Waals surface area contributed by atoms with Crippen LogP contribution in [0, 0.1) is 39.9 Å². The molecule has 1 aliphatic heterocycles. The molecule has 1 aliphatic carbocycles. The molecule has 1 N–H and O–H groups in total. The van der Waals surface area contributed by atoms with Crippen molar-refractivity contribution in [2.24, 2.45) is 28.6 Å². The Bertz CT molecular complexity index is 1300. The summed E-state index contributed by atoms with van der Waals surface area (Å²) >= 11 is 0. The van der Waals surface area contributed by atoms with Crippen LogP contribution in [0.1, 0.15) is 104 Å². The minimum Gasteiger partial charge on any atom is -0.458 e. The molecule has 226 valence electrons. The summed E-state index contributed by atoms with van der Waals surface area (Å²) < 4.78 is 19.0. The summed E-state index contributed by atoms with van der Waals surface area (Å²) in [7, 11) is 0. The first-order valence-corrected chi connectivity index (χ1v) is 14.7. The van der Waals surface area contributed by atoms with Crippen molar-refractivity contribution in [2.45, 2.75) is 93.6 Å². The Hall–Kier alpha value is -3.06. The number of ether oxygens (including phenoxy) is 3. The van der Waals surface area contributed by atoms with Crippen LogP contribution in [0.25, 0.3) is 5.65 Å². The zero-order valence-electron chi connectivity index (χ0n) is 26.4. The van der Waals surface area contributed by atoms with Gasteiger partial charge in [0.05, 0.1) is 13.2 Å². The SMILES string of the molecule is CC1CC(C(C)(C)C)C(OC(=O)c2c(C#N)c(OC(=O)N3CCOCC3)n3[nH]c(C(C)(C)C)nc23)C(C(C)(C)C)C1. The van der Waals surface area contributed by atoms with E-state index in [1.54, 1.807) is 0 Å². The summed E-state index contributed by atoms with van der Waals surface area (Å²) in [6.07, 6.45) is 0.936. The number of nitriles is 1. The molecule has 41 heavy (non-hydrogen) atoms. The van der Waals surface area contributed by atoms with Crippen LogP contribution in [0.15, 0.2) is 0 Å². The van der Waals surface area contributed by atoms with E-state index in [1.165, 1.54) is 9.42 Å². The largest absolute Gasteiger partial charge is 0.458 e. The minimum atomic E-state index is -0.622. The number of hydrogen-bond acceptors (Lipinski definition) is 7. The molecule has 10 heteroatoms. The Balaban J connectivity index is 1.80. The minimum absolute atomic E-state index is 0.0166. The molecule has 2 unspecified atom stereocenters. The van der Waals surface area contributed by atoms with Crippen molar-refractivity contribution in [3.63, 3.8) is 0 Å². The maximum Gasteiger partial charge on any atom is 0.416 e. The third kappa shape index (κ3) is 6.25. The van der Waals surface area contributed by atoms with Gasteiger partial charge in [0.1, 0.15) is 29.1 Å². The molecule has 1 saturated heterocycles. The number of morpholine rings is 1. The standard InChI is InChI=1S/C31H47N5O5/c1-18-15-20(29(2,3)4)23(21(16-18)30(5,6)7)40-26(37)22-19(17-32)25(41-28(38)35-11-13-39-14-12-35)36-24(22)33-27(34-36)31(8,9)10/h18,20-21,23H,11-16H2,1-10H3,(H,33,34). The van der Waals surface area contributed by atoms with Crippen LogP contribution >= 0.6 is 0 Å². The maximum absolute atomic E-state index is 14.2. The summed E-state index contributed by atoms with van der Waals surface area (Å²) in [5, 5.41) is 13.4. The third-order valence-electron chi connectivity index (χ3n) is 8.59. The van der Waals surface area contributed by atoms with Crippen LogP contribution in [0.3, 0.4) is 0 Å². The van der Waals surface area contributed by atoms with E-state index in [1.807, 2.05) is 20.8 Å². The number of fused-ring (bicyclic) bond motifs is 1. The lowest BCUT2D eigenvalue weighted by atomic mass is 9.59. The van der Waals surface area contributed by atoms with E-state index < -0.39 is 17.5 Å². The Labute approximate surface area is 243 Å². The Kier molecular flexibility index (Phi) is 8.27. The highest BCUT2D eigenvalue weighted by molar-refractivity contribution is 6.00. The molecule has 0 radical (unpaired) electrons. The van der Waals surface area contributed by atoms with Crippen LogP contribution in [-0.2, 0) is 14.9 Å². The highest BCUT2D eigenvalue weighted by atomic mass is 16.6. The molecule has 2 atom stereocenters. The molecule has 4 rings (SSSR count). The zero-order chi connectivity index (χ0) is 30.5. The van der Waals surface area contributed by atoms with E-state index in [9.17, 15) is 14.9 Å². The number of amides is 1. The molecule has 1 saturated carbocycles. The molecule has 2 aromatic heterocycles. The fourth-order valence-electron chi connectivity index (χ4n) is 6.16. The molecule has 0 aromatic carbocycles. The molecule has 2 fully saturated rings. The fraction of sp³-hybridized carbons (Fsp3) is 0.742. The smallest absolute Gasteiger partial charge is 0.416 e. The van der Waals surface area contributed by atoms with E-state index in [-0.39, 0.29) is 51.4 Å². The van der Waals surface area contributed by atoms with Gasteiger partial charge < -0.3 is 19.1 Å². The number of esters is 1. The van der Waals surface area contributed by atoms with Crippen LogP contribution in [0.2, 0.25) is 0 Å². The Morgan fingerprint density at radius 1 is 1.00 bits per heavy atom. The van der Waals surface area contributed by atoms with Gasteiger partial charge in [0.25, 0.3) is 0 Å². The van der Waals surface area contributed by atoms with Crippen LogP contribution in [0.4, 0.5) is 4.79 Å². The first kappa shape index (κ1) is 30.9. The van der Waals surface area contributed by atoms with Crippen molar-refractivity contribution in [1.29, 1.82) is 5.26 Å². The normalized spacial score (nSPS) is 24.3. The van der Waals surface area contributed by atoms with Gasteiger partial charge in [0.2, 0.25) is 5.88 Å². The monoisotopic (exact) mass is 569 g/mol. The van der Waals surface area contributed by atoms with Crippen molar-refractivity contribution >= 4 is 17.7 Å². The summed E-state index contributed by atoms with van der Waals surface area (Å²) in [5.41, 5.74) is -0.427. The molecule has 1 amide bonds. The zero-order valence-corrected chi connectivity index (χ0v) is 26.4. The van der Waals surface area contributed by atoms with Gasteiger partial charge in [-0.25, -0.2) is 19.1 Å². The molecule has 2 aliphatic rings. The van der Waals surface area contributed by atoms with Gasteiger partial charge in [-0.05, 0) is 29.6 Å². The average molecular weight is 570 g/mol. The molecular weight excluding hydrogens is 522 g/mol. The topological polar surface area (TPSA) is 122 Å². The average Bonchev–Trinajstić information content (AvgIpc) is 3.42. The van der Waals surface area contributed by atoms with Gasteiger partial charge in [0, 0.05) is 30.3 Å². The summed E-state index contributed by atoms with van der Waals surface area (Å²) in [4.78, 5) is 33.5. The van der Waals surface area contributed by atoms with Gasteiger partial charge in [-0.2, -0.15) is 5.26 Å². The van der Waals surface area contributed by atoms with E-state index in [0.29, 0.717) is 38.0 Å². The van der Waals surface area contributed by atoms with E-state index in [2.05, 4.69) is 59.6 Å². The lowest BCUT2D eigenvalue weighted by Gasteiger charge is -2.50. The quantitative estimate of drug-likeness (QED) is 0.454. The van der Waals surface area contributed by atoms with Gasteiger partial charge in [-0.15, -0.1) is 0 Å². The van der Waals surface area contributed by atoms with Crippen molar-refractivity contribution in [1.82, 2.24) is 19.5 Å². The molecule has 0 spiro atoms. The van der Waals surface area contributed by atoms with E-state index in [4.69, 9.17) is 19.2 Å². The van der Waals surface area contributed by atoms with Crippen molar-refractivity contribution in [2.75, 3.05) is 26.3 Å². The first-order valence-electron chi connectivity index (χ1n) is 14.7. The van der Waals surface area contributed by atoms with Gasteiger partial charge >= 0.3 is 12.1 Å². The Morgan fingerprint density at radius 2 is 1.56 bits per heavy atom. The number of nitrogens with zero attached hydrogens (tertiary/aromatic N) is 4. The number of nitrogens with one attached hydrogen (secondary N) is 1. The molecule has 3 heterocycles. The van der Waals surface area contributed by atoms with Crippen LogP contribution in [-0.4, -0.2) is 64.0 Å². The summed E-state index contributed by atoms with van der Waals surface area (Å²) in [6.45, 7) is 23.0. The first-order chi connectivity index (χ1) is 18.9. The van der Waals surface area contributed by atoms with Gasteiger partial charge in [-0.1, -0.05) is 69.2 Å². The van der Waals surface area contributed by atoms with Crippen molar-refractivity contribution in [3.05, 3.63) is 17.0 Å². The number of hydrogen-bond donors (Lipinski definition) is 1. The number of rotatable bonds is 3. The summed E-state index contributed by atoms with van der Waals surface area (Å²) in [5.74, 6) is 0.660. The molecule has 2 aromatic rings. The molecule has 0 bridgehead atoms. The van der Waals surface area contributed by atoms with Crippen LogP contribution in [0.5, 0.6) is 5.88 Å². The maximum atomic E-state index is 14.2. The summed E-state index contributed by atoms with van der Waals surface area (Å²) in [6, 6.07) is 2.11. The number of aromatic nitrogens is 3. The van der Waals surface area contributed by atoms with Crippen molar-refractivity contribution in [3.8, 4) is 11.9 Å². The highest BCUT2D eigenvalue weighted by Crippen LogP contribution is 2.50. The van der Waals surface area contributed by atoms with E-state index >= 15 is 0 Å². The number of carbonyl (C=O) groups is 2. The predicted octanol–water partition coefficient (Wildman–Crippen LogP) is 5.94. The lowest BCUT2D eigenvalue weighted by Crippen LogP contribution is -2.49. The fourth-order valence-corrected chi connectivity index (χ4v) is 6.16. The molecular formula is C31H47N5O5. The number of aromatic amines is 1. The predicted molar refractivity (Wildman–Crippen MR) is 155 cm³/mol. The second kappa shape index (κ2) is 11.0. The third-order valence-corrected chi connectivity index (χ3v) is 8.59. The van der Waals surface area contributed by atoms with Crippen LogP contribution < -0.4 is 4.74 Å². The number of carbonyl (C=O) groups excluding carboxylic acids is 2. The molecule has 10 nitrogen and oxygen atoms in total. The Morgan fingerprint density at radius 3 is 2.05 bits per heavy atom. The van der Waals surface area contributed by atoms with Gasteiger partial charge in [-0.3, -0.25) is 5.10 Å². The van der Waals surface area contributed by atoms with Gasteiger partial charge in [0.15, 0.2) is 5.65 Å². The lowest BCUT2D eigenvalue weighted by molar-refractivity contribution is -0.0922. The second-order valence-corrected chi connectivity index (χ2v) is 15.0. The van der Waals surface area contributed by atoms with Crippen molar-refractivity contribution < 1.29 is 23.8 Å². The van der Waals surface area contributed by atoms with E-state index in [0.717, 1.165) is 12.8 Å². The highest BCUT2D eigenvalue weighted by Gasteiger charge is 2.48. The number of H-pyrrole nitrogens is 1. The second-order valence-electron chi connectivity index (χ2n) is 15.0.